The number of hydrogen-bond donors (Lipinski definition) is 1. The summed E-state index contributed by atoms with van der Waals surface area (Å²) in [6.45, 7) is -0.167. The Morgan fingerprint density at radius 1 is 1.17 bits per heavy atom. The molecule has 0 aliphatic rings. The number of benzene rings is 1. The van der Waals surface area contributed by atoms with Crippen LogP contribution in [0.4, 0.5) is 16.3 Å². The van der Waals surface area contributed by atoms with E-state index in [4.69, 9.17) is 16.3 Å². The summed E-state index contributed by atoms with van der Waals surface area (Å²) in [5, 5.41) is 16.6. The van der Waals surface area contributed by atoms with E-state index in [2.05, 4.69) is 20.1 Å². The fourth-order valence-electron chi connectivity index (χ4n) is 3.44. The highest BCUT2D eigenvalue weighted by atomic mass is 35.5. The van der Waals surface area contributed by atoms with Crippen molar-refractivity contribution in [2.24, 2.45) is 0 Å². The van der Waals surface area contributed by atoms with E-state index in [1.165, 1.54) is 19.1 Å². The molecule has 0 spiro atoms. The van der Waals surface area contributed by atoms with Crippen LogP contribution in [-0.4, -0.2) is 47.4 Å². The number of rotatable bonds is 6. The van der Waals surface area contributed by atoms with Crippen molar-refractivity contribution >= 4 is 40.6 Å². The Kier molecular flexibility index (Phi) is 6.80. The minimum atomic E-state index is -0.621. The van der Waals surface area contributed by atoms with Crippen LogP contribution in [-0.2, 0) is 4.74 Å². The number of aromatic nitrogens is 3. The molecule has 1 N–H and O–H groups in total. The summed E-state index contributed by atoms with van der Waals surface area (Å²) in [6.07, 6.45) is 4.29. The molecule has 176 valence electrons. The first-order chi connectivity index (χ1) is 16.9. The van der Waals surface area contributed by atoms with Crippen molar-refractivity contribution in [3.63, 3.8) is 0 Å². The zero-order chi connectivity index (χ0) is 24.9. The van der Waals surface area contributed by atoms with Gasteiger partial charge in [0.1, 0.15) is 18.1 Å². The molecular weight excluding hydrogens is 472 g/mol. The van der Waals surface area contributed by atoms with E-state index >= 15 is 0 Å². The number of nitriles is 1. The highest BCUT2D eigenvalue weighted by Gasteiger charge is 2.20. The Bertz CT molecular complexity index is 1440. The molecule has 0 radical (unpaired) electrons. The number of nitrogens with zero attached hydrogens (tertiary/aromatic N) is 5. The second-order valence-corrected chi connectivity index (χ2v) is 7.63. The Labute approximate surface area is 205 Å². The first-order valence-corrected chi connectivity index (χ1v) is 10.6. The Hall–Kier alpha value is -4.62. The molecule has 4 aromatic rings. The van der Waals surface area contributed by atoms with Gasteiger partial charge >= 0.3 is 6.09 Å². The van der Waals surface area contributed by atoms with Crippen LogP contribution < -0.4 is 15.0 Å². The fourth-order valence-corrected chi connectivity index (χ4v) is 3.64. The molecule has 0 unspecified atom stereocenters. The molecule has 35 heavy (non-hydrogen) atoms. The second kappa shape index (κ2) is 10.1. The highest BCUT2D eigenvalue weighted by molar-refractivity contribution is 6.32. The van der Waals surface area contributed by atoms with Crippen molar-refractivity contribution in [3.8, 4) is 22.9 Å². The monoisotopic (exact) mass is 490 g/mol. The predicted molar refractivity (Wildman–Crippen MR) is 130 cm³/mol. The number of fused-ring (bicyclic) bond motifs is 1. The van der Waals surface area contributed by atoms with Crippen molar-refractivity contribution in [1.82, 2.24) is 14.6 Å². The lowest BCUT2D eigenvalue weighted by molar-refractivity contribution is 0.0990. The normalized spacial score (nSPS) is 10.5. The average Bonchev–Trinajstić information content (AvgIpc) is 3.31. The third-order valence-corrected chi connectivity index (χ3v) is 5.49. The van der Waals surface area contributed by atoms with Gasteiger partial charge in [-0.2, -0.15) is 10.4 Å². The Morgan fingerprint density at radius 2 is 2.00 bits per heavy atom. The molecule has 0 aliphatic heterocycles. The zero-order valence-electron chi connectivity index (χ0n) is 18.7. The van der Waals surface area contributed by atoms with Gasteiger partial charge in [-0.1, -0.05) is 11.6 Å². The van der Waals surface area contributed by atoms with Gasteiger partial charge in [0.25, 0.3) is 5.91 Å². The van der Waals surface area contributed by atoms with Crippen LogP contribution in [0.15, 0.2) is 61.1 Å². The van der Waals surface area contributed by atoms with E-state index < -0.39 is 6.09 Å². The van der Waals surface area contributed by atoms with Crippen LogP contribution in [0.3, 0.4) is 0 Å². The zero-order valence-corrected chi connectivity index (χ0v) is 19.5. The molecule has 3 aromatic heterocycles. The van der Waals surface area contributed by atoms with Crippen LogP contribution in [0, 0.1) is 11.3 Å². The quantitative estimate of drug-likeness (QED) is 0.397. The standard InChI is InChI=1S/C24H19ClN6O4/c1-34-21-12-17(4-5-19(21)25)30(10-8-26)23(32)15-7-9-31-20(11-15)18(14-28-31)16-3-6-22(27-13-16)29-24(33)35-2/h3-7,9,11-14H,10H2,1-2H3,(H,27,29,33). The number of methoxy groups -OCH3 is 2. The van der Waals surface area contributed by atoms with Gasteiger partial charge in [-0.25, -0.2) is 14.3 Å². The van der Waals surface area contributed by atoms with Gasteiger partial charge in [0, 0.05) is 40.8 Å². The van der Waals surface area contributed by atoms with E-state index in [1.807, 2.05) is 6.07 Å². The van der Waals surface area contributed by atoms with Gasteiger partial charge in [0.05, 0.1) is 37.0 Å². The number of hydrogen-bond acceptors (Lipinski definition) is 7. The van der Waals surface area contributed by atoms with E-state index in [0.29, 0.717) is 33.4 Å². The minimum absolute atomic E-state index is 0.167. The number of ether oxygens (including phenoxy) is 2. The van der Waals surface area contributed by atoms with E-state index in [0.717, 1.165) is 11.1 Å². The third kappa shape index (κ3) is 4.85. The minimum Gasteiger partial charge on any atom is -0.495 e. The lowest BCUT2D eigenvalue weighted by atomic mass is 10.1. The van der Waals surface area contributed by atoms with Gasteiger partial charge < -0.3 is 9.47 Å². The fraction of sp³-hybridized carbons (Fsp3) is 0.125. The highest BCUT2D eigenvalue weighted by Crippen LogP contribution is 2.31. The molecule has 0 fully saturated rings. The summed E-state index contributed by atoms with van der Waals surface area (Å²) in [6, 6.07) is 13.6. The summed E-state index contributed by atoms with van der Waals surface area (Å²) in [5.74, 6) is 0.353. The van der Waals surface area contributed by atoms with Crippen molar-refractivity contribution in [2.75, 3.05) is 31.0 Å². The van der Waals surface area contributed by atoms with E-state index in [-0.39, 0.29) is 12.5 Å². The molecule has 0 saturated heterocycles. The maximum atomic E-state index is 13.4. The first-order valence-electron chi connectivity index (χ1n) is 10.3. The lowest BCUT2D eigenvalue weighted by Crippen LogP contribution is -2.31. The summed E-state index contributed by atoms with van der Waals surface area (Å²) >= 11 is 6.11. The number of anilines is 2. The molecule has 4 rings (SSSR count). The van der Waals surface area contributed by atoms with Gasteiger partial charge in [-0.15, -0.1) is 0 Å². The molecule has 0 aliphatic carbocycles. The molecular formula is C24H19ClN6O4. The number of halogens is 1. The Morgan fingerprint density at radius 3 is 2.69 bits per heavy atom. The molecule has 0 saturated carbocycles. The largest absolute Gasteiger partial charge is 0.495 e. The van der Waals surface area contributed by atoms with Gasteiger partial charge in [-0.05, 0) is 36.4 Å². The van der Waals surface area contributed by atoms with Crippen LogP contribution >= 0.6 is 11.6 Å². The van der Waals surface area contributed by atoms with Crippen molar-refractivity contribution in [2.45, 2.75) is 0 Å². The summed E-state index contributed by atoms with van der Waals surface area (Å²) in [4.78, 5) is 30.3. The molecule has 3 heterocycles. The number of carbonyl (C=O) groups is 2. The average molecular weight is 491 g/mol. The molecule has 1 aromatic carbocycles. The van der Waals surface area contributed by atoms with Crippen LogP contribution in [0.5, 0.6) is 5.75 Å². The summed E-state index contributed by atoms with van der Waals surface area (Å²) < 4.78 is 11.4. The molecule has 10 nitrogen and oxygen atoms in total. The molecule has 0 bridgehead atoms. The predicted octanol–water partition coefficient (Wildman–Crippen LogP) is 4.41. The molecule has 11 heteroatoms. The maximum absolute atomic E-state index is 13.4. The van der Waals surface area contributed by atoms with Gasteiger partial charge in [0.15, 0.2) is 0 Å². The van der Waals surface area contributed by atoms with E-state index in [9.17, 15) is 14.9 Å². The van der Waals surface area contributed by atoms with Crippen LogP contribution in [0.1, 0.15) is 10.4 Å². The lowest BCUT2D eigenvalue weighted by Gasteiger charge is -2.21. The summed E-state index contributed by atoms with van der Waals surface area (Å²) in [7, 11) is 2.74. The molecule has 0 atom stereocenters. The number of carbonyl (C=O) groups excluding carboxylic acids is 2. The molecule has 2 amide bonds. The third-order valence-electron chi connectivity index (χ3n) is 5.18. The van der Waals surface area contributed by atoms with Crippen molar-refractivity contribution in [1.29, 1.82) is 5.26 Å². The number of nitrogens with one attached hydrogen (secondary N) is 1. The Balaban J connectivity index is 1.68. The SMILES string of the molecule is COC(=O)Nc1ccc(-c2cnn3ccc(C(=O)N(CC#N)c4ccc(Cl)c(OC)c4)cc23)cn1. The summed E-state index contributed by atoms with van der Waals surface area (Å²) in [5.41, 5.74) is 2.97. The second-order valence-electron chi connectivity index (χ2n) is 7.22. The van der Waals surface area contributed by atoms with Gasteiger partial charge in [-0.3, -0.25) is 15.0 Å². The smallest absolute Gasteiger partial charge is 0.412 e. The van der Waals surface area contributed by atoms with Crippen molar-refractivity contribution in [3.05, 3.63) is 71.6 Å². The number of amides is 2. The van der Waals surface area contributed by atoms with Crippen LogP contribution in [0.2, 0.25) is 5.02 Å². The topological polar surface area (TPSA) is 122 Å². The maximum Gasteiger partial charge on any atom is 0.412 e. The van der Waals surface area contributed by atoms with Crippen molar-refractivity contribution < 1.29 is 19.1 Å². The van der Waals surface area contributed by atoms with Gasteiger partial charge in [0.2, 0.25) is 0 Å². The number of pyridine rings is 2. The van der Waals surface area contributed by atoms with E-state index in [1.54, 1.807) is 65.6 Å². The first kappa shape index (κ1) is 23.5. The van der Waals surface area contributed by atoms with Crippen LogP contribution in [0.25, 0.3) is 16.6 Å².